The second kappa shape index (κ2) is 13.4. The van der Waals surface area contributed by atoms with Crippen LogP contribution in [0.25, 0.3) is 0 Å². The Hall–Kier alpha value is -3.78. The predicted molar refractivity (Wildman–Crippen MR) is 172 cm³/mol. The summed E-state index contributed by atoms with van der Waals surface area (Å²) in [4.78, 5) is 70.6. The van der Waals surface area contributed by atoms with Gasteiger partial charge in [-0.15, -0.1) is 6.58 Å². The van der Waals surface area contributed by atoms with Gasteiger partial charge in [-0.3, -0.25) is 28.8 Å². The molecule has 1 aromatic rings. The molecule has 14 heteroatoms. The van der Waals surface area contributed by atoms with Crippen LogP contribution in [0.3, 0.4) is 0 Å². The highest BCUT2D eigenvalue weighted by Crippen LogP contribution is 2.45. The van der Waals surface area contributed by atoms with Gasteiger partial charge in [-0.05, 0) is 50.4 Å². The summed E-state index contributed by atoms with van der Waals surface area (Å²) in [6, 6.07) is 6.41. The lowest BCUT2D eigenvalue weighted by atomic mass is 9.85. The van der Waals surface area contributed by atoms with Gasteiger partial charge in [0, 0.05) is 18.0 Å². The lowest BCUT2D eigenvalue weighted by Gasteiger charge is -2.35. The molecule has 3 saturated carbocycles. The smallest absolute Gasteiger partial charge is 0.408 e. The zero-order valence-electron chi connectivity index (χ0n) is 27.2. The molecular formula is C33H45N5O8S. The van der Waals surface area contributed by atoms with E-state index in [4.69, 9.17) is 4.74 Å². The molecule has 4 atom stereocenters. The Morgan fingerprint density at radius 2 is 1.72 bits per heavy atom. The molecule has 0 bridgehead atoms. The number of hydrogen-bond donors (Lipinski definition) is 3. The molecule has 4 fully saturated rings. The fourth-order valence-corrected chi connectivity index (χ4v) is 7.70. The average Bonchev–Trinajstić information content (AvgIpc) is 3.90. The largest absolute Gasteiger partial charge is 0.446 e. The van der Waals surface area contributed by atoms with Crippen molar-refractivity contribution in [2.45, 2.75) is 94.7 Å². The minimum Gasteiger partial charge on any atom is -0.446 e. The van der Waals surface area contributed by atoms with E-state index in [1.807, 2.05) is 0 Å². The van der Waals surface area contributed by atoms with E-state index < -0.39 is 68.0 Å². The number of rotatable bonds is 12. The molecule has 256 valence electrons. The first kappa shape index (κ1) is 34.6. The quantitative estimate of drug-likeness (QED) is 0.222. The highest BCUT2D eigenvalue weighted by atomic mass is 32.2. The van der Waals surface area contributed by atoms with Gasteiger partial charge >= 0.3 is 6.09 Å². The Morgan fingerprint density at radius 1 is 1.06 bits per heavy atom. The fourth-order valence-electron chi connectivity index (χ4n) is 6.34. The van der Waals surface area contributed by atoms with Gasteiger partial charge in [-0.25, -0.2) is 13.2 Å². The minimum absolute atomic E-state index is 0.0314. The molecule has 1 aliphatic heterocycles. The van der Waals surface area contributed by atoms with Gasteiger partial charge in [0.25, 0.3) is 5.91 Å². The molecule has 4 aliphatic rings. The number of alkyl carbamates (subject to hydrolysis) is 1. The molecule has 0 radical (unpaired) electrons. The Morgan fingerprint density at radius 3 is 2.30 bits per heavy atom. The zero-order valence-corrected chi connectivity index (χ0v) is 28.0. The van der Waals surface area contributed by atoms with Crippen LogP contribution >= 0.6 is 0 Å². The summed E-state index contributed by atoms with van der Waals surface area (Å²) >= 11 is 0. The Bertz CT molecular complexity index is 1520. The first-order valence-corrected chi connectivity index (χ1v) is 17.8. The van der Waals surface area contributed by atoms with Crippen molar-refractivity contribution < 1.29 is 37.1 Å². The standard InChI is InChI=1S/C33H45N5O8S/c1-5-22-17-33(22,30(42)36-47(44,45)24-15-16-24)35-28(40)25-18-37(19-26(39)21-11-7-6-8-12-21)20-38(25)29(41)27(32(2,3)4)34-31(43)46-23-13-9-10-14-23/h5-8,11-12,22-25,27H,1,9-10,13-20H2,2-4H3,(H,34,43)(H,35,40)(H,36,42)/t22-,25+,27-,33-/m1/s1. The van der Waals surface area contributed by atoms with E-state index in [1.54, 1.807) is 56.0 Å². The fraction of sp³-hybridized carbons (Fsp3) is 0.606. The minimum atomic E-state index is -3.88. The van der Waals surface area contributed by atoms with Crippen molar-refractivity contribution in [3.63, 3.8) is 0 Å². The van der Waals surface area contributed by atoms with Crippen LogP contribution in [0.5, 0.6) is 0 Å². The third-order valence-corrected chi connectivity index (χ3v) is 11.2. The Labute approximate surface area is 275 Å². The maximum Gasteiger partial charge on any atom is 0.408 e. The second-order valence-electron chi connectivity index (χ2n) is 14.2. The first-order chi connectivity index (χ1) is 22.1. The van der Waals surface area contributed by atoms with E-state index in [1.165, 1.54) is 11.0 Å². The molecule has 3 N–H and O–H groups in total. The summed E-state index contributed by atoms with van der Waals surface area (Å²) in [6.45, 7) is 8.87. The zero-order chi connectivity index (χ0) is 34.1. The monoisotopic (exact) mass is 671 g/mol. The van der Waals surface area contributed by atoms with Crippen LogP contribution in [0.2, 0.25) is 0 Å². The van der Waals surface area contributed by atoms with Crippen molar-refractivity contribution in [1.82, 2.24) is 25.2 Å². The summed E-state index contributed by atoms with van der Waals surface area (Å²) in [7, 11) is -3.88. The number of carbonyl (C=O) groups excluding carboxylic acids is 5. The summed E-state index contributed by atoms with van der Waals surface area (Å²) in [5.41, 5.74) is -1.86. The van der Waals surface area contributed by atoms with E-state index in [0.717, 1.165) is 25.7 Å². The molecule has 1 saturated heterocycles. The maximum atomic E-state index is 14.3. The number of benzene rings is 1. The number of ketones is 1. The Balaban J connectivity index is 1.37. The van der Waals surface area contributed by atoms with Gasteiger partial charge in [0.15, 0.2) is 5.78 Å². The van der Waals surface area contributed by atoms with Gasteiger partial charge in [-0.2, -0.15) is 0 Å². The van der Waals surface area contributed by atoms with Crippen LogP contribution in [0.15, 0.2) is 43.0 Å². The van der Waals surface area contributed by atoms with Crippen molar-refractivity contribution in [1.29, 1.82) is 0 Å². The average molecular weight is 672 g/mol. The molecule has 0 aromatic heterocycles. The number of sulfonamides is 1. The molecule has 3 aliphatic carbocycles. The van der Waals surface area contributed by atoms with Crippen molar-refractivity contribution in [3.05, 3.63) is 48.6 Å². The van der Waals surface area contributed by atoms with E-state index >= 15 is 0 Å². The maximum absolute atomic E-state index is 14.3. The second-order valence-corrected chi connectivity index (χ2v) is 16.2. The number of ether oxygens (including phenoxy) is 1. The third kappa shape index (κ3) is 7.86. The van der Waals surface area contributed by atoms with Crippen molar-refractivity contribution in [3.8, 4) is 0 Å². The third-order valence-electron chi connectivity index (χ3n) is 9.41. The van der Waals surface area contributed by atoms with Crippen LogP contribution in [0, 0.1) is 11.3 Å². The van der Waals surface area contributed by atoms with E-state index in [2.05, 4.69) is 21.9 Å². The van der Waals surface area contributed by atoms with E-state index in [-0.39, 0.29) is 38.1 Å². The molecule has 47 heavy (non-hydrogen) atoms. The van der Waals surface area contributed by atoms with E-state index in [9.17, 15) is 32.4 Å². The highest BCUT2D eigenvalue weighted by molar-refractivity contribution is 7.91. The lowest BCUT2D eigenvalue weighted by Crippen LogP contribution is -2.60. The van der Waals surface area contributed by atoms with Gasteiger partial charge in [0.1, 0.15) is 23.7 Å². The highest BCUT2D eigenvalue weighted by Gasteiger charge is 2.62. The molecule has 13 nitrogen and oxygen atoms in total. The number of Topliss-reactive ketones (excluding diaryl/α,β-unsaturated/α-hetero) is 1. The van der Waals surface area contributed by atoms with Crippen molar-refractivity contribution >= 4 is 39.6 Å². The summed E-state index contributed by atoms with van der Waals surface area (Å²) in [5.74, 6) is -2.81. The summed E-state index contributed by atoms with van der Waals surface area (Å²) in [6.07, 6.45) is 5.03. The van der Waals surface area contributed by atoms with Crippen molar-refractivity contribution in [2.75, 3.05) is 19.8 Å². The molecular weight excluding hydrogens is 626 g/mol. The molecule has 0 unspecified atom stereocenters. The van der Waals surface area contributed by atoms with E-state index in [0.29, 0.717) is 18.4 Å². The molecule has 1 aromatic carbocycles. The van der Waals surface area contributed by atoms with Crippen LogP contribution in [-0.2, 0) is 29.1 Å². The summed E-state index contributed by atoms with van der Waals surface area (Å²) in [5, 5.41) is 4.83. The first-order valence-electron chi connectivity index (χ1n) is 16.2. The van der Waals surface area contributed by atoms with Crippen LogP contribution < -0.4 is 15.4 Å². The number of hydrogen-bond acceptors (Lipinski definition) is 9. The van der Waals surface area contributed by atoms with Crippen LogP contribution in [0.1, 0.15) is 76.1 Å². The number of carbonyl (C=O) groups is 5. The predicted octanol–water partition coefficient (Wildman–Crippen LogP) is 2.09. The number of amides is 4. The molecule has 0 spiro atoms. The molecule has 5 rings (SSSR count). The molecule has 1 heterocycles. The van der Waals surface area contributed by atoms with Crippen LogP contribution in [-0.4, -0.2) is 96.6 Å². The van der Waals surface area contributed by atoms with Gasteiger partial charge in [0.2, 0.25) is 21.8 Å². The van der Waals surface area contributed by atoms with Crippen molar-refractivity contribution in [2.24, 2.45) is 11.3 Å². The lowest BCUT2D eigenvalue weighted by molar-refractivity contribution is -0.142. The van der Waals surface area contributed by atoms with Gasteiger partial charge in [0.05, 0.1) is 18.5 Å². The summed E-state index contributed by atoms with van der Waals surface area (Å²) < 4.78 is 32.9. The Kier molecular flexibility index (Phi) is 9.84. The number of nitrogens with zero attached hydrogens (tertiary/aromatic N) is 2. The normalized spacial score (nSPS) is 25.5. The van der Waals surface area contributed by atoms with Gasteiger partial charge in [-0.1, -0.05) is 57.2 Å². The molecule has 4 amide bonds. The number of nitrogens with one attached hydrogen (secondary N) is 3. The topological polar surface area (TPSA) is 171 Å². The SMILES string of the molecule is C=C[C@@H]1C[C@]1(NC(=O)[C@@H]1CN(CC(=O)c2ccccc2)CN1C(=O)[C@@H](NC(=O)OC1CCCC1)C(C)(C)C)C(=O)NS(=O)(=O)C1CC1. The van der Waals surface area contributed by atoms with Crippen LogP contribution in [0.4, 0.5) is 4.79 Å². The van der Waals surface area contributed by atoms with Gasteiger partial charge < -0.3 is 20.3 Å².